The molecule has 0 saturated carbocycles. The van der Waals surface area contributed by atoms with Gasteiger partial charge in [-0.3, -0.25) is 9.59 Å². The van der Waals surface area contributed by atoms with Crippen molar-refractivity contribution >= 4 is 30.4 Å². The number of esters is 2. The number of aliphatic hydroxyl groups excluding tert-OH is 1. The van der Waals surface area contributed by atoms with Gasteiger partial charge in [0.1, 0.15) is 17.5 Å². The van der Waals surface area contributed by atoms with Crippen LogP contribution >= 0.6 is 0 Å². The first kappa shape index (κ1) is 31.1. The number of ether oxygens (including phenoxy) is 4. The smallest absolute Gasteiger partial charge is 0.410 e. The summed E-state index contributed by atoms with van der Waals surface area (Å²) in [6.45, 7) is 11.4. The van der Waals surface area contributed by atoms with Crippen LogP contribution < -0.4 is 0 Å². The number of carbonyl (C=O) groups is 5. The predicted molar refractivity (Wildman–Crippen MR) is 127 cm³/mol. The molecule has 2 rings (SSSR count). The molecule has 2 heterocycles. The van der Waals surface area contributed by atoms with Gasteiger partial charge in [0.05, 0.1) is 26.1 Å². The number of carbonyl (C=O) groups excluding carboxylic acids is 5. The molecule has 12 nitrogen and oxygen atoms in total. The summed E-state index contributed by atoms with van der Waals surface area (Å²) in [4.78, 5) is 60.4. The molecule has 0 aromatic rings. The van der Waals surface area contributed by atoms with Crippen LogP contribution in [0.4, 0.5) is 9.59 Å². The van der Waals surface area contributed by atoms with Gasteiger partial charge in [-0.1, -0.05) is 0 Å². The number of aldehydes is 1. The molecule has 2 amide bonds. The number of methoxy groups -OCH3 is 2. The Kier molecular flexibility index (Phi) is 11.1. The van der Waals surface area contributed by atoms with Crippen molar-refractivity contribution in [2.75, 3.05) is 47.0 Å². The number of aliphatic hydroxyl groups is 1. The zero-order valence-corrected chi connectivity index (χ0v) is 22.4. The molecule has 2 fully saturated rings. The second kappa shape index (κ2) is 12.9. The Morgan fingerprint density at radius 2 is 1.19 bits per heavy atom. The average molecular weight is 517 g/mol. The predicted octanol–water partition coefficient (Wildman–Crippen LogP) is 1.48. The van der Waals surface area contributed by atoms with Crippen LogP contribution in [0.1, 0.15) is 41.5 Å². The first-order chi connectivity index (χ1) is 16.6. The lowest BCUT2D eigenvalue weighted by Gasteiger charge is -2.24. The molecule has 12 heteroatoms. The molecule has 0 unspecified atom stereocenters. The zero-order chi connectivity index (χ0) is 27.8. The van der Waals surface area contributed by atoms with Crippen LogP contribution in [-0.4, -0.2) is 104 Å². The second-order valence-electron chi connectivity index (χ2n) is 10.8. The zero-order valence-electron chi connectivity index (χ0n) is 22.4. The molecule has 4 atom stereocenters. The minimum absolute atomic E-state index is 0.154. The van der Waals surface area contributed by atoms with Crippen LogP contribution in [0.3, 0.4) is 0 Å². The first-order valence-electron chi connectivity index (χ1n) is 11.7. The summed E-state index contributed by atoms with van der Waals surface area (Å²) in [6, 6.07) is 0. The summed E-state index contributed by atoms with van der Waals surface area (Å²) >= 11 is 0. The third-order valence-corrected chi connectivity index (χ3v) is 5.53. The Morgan fingerprint density at radius 1 is 0.778 bits per heavy atom. The second-order valence-corrected chi connectivity index (χ2v) is 10.8. The van der Waals surface area contributed by atoms with Gasteiger partial charge >= 0.3 is 24.1 Å². The normalized spacial score (nSPS) is 23.8. The summed E-state index contributed by atoms with van der Waals surface area (Å²) in [5.41, 5.74) is -1.17. The maximum atomic E-state index is 11.8. The van der Waals surface area contributed by atoms with Gasteiger partial charge in [0.25, 0.3) is 0 Å². The monoisotopic (exact) mass is 516 g/mol. The lowest BCUT2D eigenvalue weighted by atomic mass is 9.97. The molecule has 0 spiro atoms. The Bertz CT molecular complexity index is 802. The fourth-order valence-corrected chi connectivity index (χ4v) is 3.79. The molecule has 2 aliphatic heterocycles. The first-order valence-corrected chi connectivity index (χ1v) is 11.7. The van der Waals surface area contributed by atoms with E-state index >= 15 is 0 Å². The van der Waals surface area contributed by atoms with Gasteiger partial charge in [0, 0.05) is 44.6 Å². The molecule has 0 bridgehead atoms. The van der Waals surface area contributed by atoms with Crippen molar-refractivity contribution in [3.8, 4) is 0 Å². The van der Waals surface area contributed by atoms with Crippen molar-refractivity contribution in [2.45, 2.75) is 52.7 Å². The van der Waals surface area contributed by atoms with Crippen molar-refractivity contribution in [1.29, 1.82) is 0 Å². The van der Waals surface area contributed by atoms with E-state index in [0.717, 1.165) is 0 Å². The van der Waals surface area contributed by atoms with E-state index in [1.807, 2.05) is 0 Å². The third kappa shape index (κ3) is 9.29. The van der Waals surface area contributed by atoms with Crippen LogP contribution in [0.2, 0.25) is 0 Å². The number of hydrogen-bond acceptors (Lipinski definition) is 10. The van der Waals surface area contributed by atoms with Crippen LogP contribution in [0.5, 0.6) is 0 Å². The Balaban J connectivity index is 0.000000360. The quantitative estimate of drug-likeness (QED) is 0.331. The Morgan fingerprint density at radius 3 is 1.58 bits per heavy atom. The minimum atomic E-state index is -0.600. The highest BCUT2D eigenvalue weighted by Crippen LogP contribution is 2.26. The number of likely N-dealkylation sites (tertiary alicyclic amines) is 2. The van der Waals surface area contributed by atoms with Gasteiger partial charge in [-0.15, -0.1) is 0 Å². The Labute approximate surface area is 212 Å². The third-order valence-electron chi connectivity index (χ3n) is 5.53. The van der Waals surface area contributed by atoms with Gasteiger partial charge in [-0.05, 0) is 41.5 Å². The molecule has 36 heavy (non-hydrogen) atoms. The van der Waals surface area contributed by atoms with E-state index in [4.69, 9.17) is 9.47 Å². The van der Waals surface area contributed by atoms with Gasteiger partial charge in [0.2, 0.25) is 0 Å². The van der Waals surface area contributed by atoms with E-state index < -0.39 is 53.1 Å². The van der Waals surface area contributed by atoms with Crippen molar-refractivity contribution in [2.24, 2.45) is 23.7 Å². The van der Waals surface area contributed by atoms with Crippen LogP contribution in [-0.2, 0) is 33.3 Å². The summed E-state index contributed by atoms with van der Waals surface area (Å²) in [7, 11) is 2.56. The standard InChI is InChI=1S/C12H21NO5.C12H19NO5/c2*1-12(2,3)18-11(16)13-5-8(7-14)9(6-13)10(15)17-4/h8-9,14H,5-7H2,1-4H3;7-9H,5-6H2,1-4H3/t2*8-,9+/m11/s1. The maximum absolute atomic E-state index is 11.8. The summed E-state index contributed by atoms with van der Waals surface area (Å²) in [6.07, 6.45) is -0.292. The average Bonchev–Trinajstić information content (AvgIpc) is 3.41. The highest BCUT2D eigenvalue weighted by molar-refractivity contribution is 5.80. The molecular formula is C24H40N2O10. The maximum Gasteiger partial charge on any atom is 0.410 e. The van der Waals surface area contributed by atoms with Crippen molar-refractivity contribution in [1.82, 2.24) is 9.80 Å². The Hall–Kier alpha value is -2.89. The van der Waals surface area contributed by atoms with Crippen LogP contribution in [0.15, 0.2) is 0 Å². The highest BCUT2D eigenvalue weighted by atomic mass is 16.6. The van der Waals surface area contributed by atoms with E-state index in [1.54, 1.807) is 41.5 Å². The topological polar surface area (TPSA) is 149 Å². The molecule has 206 valence electrons. The fraction of sp³-hybridized carbons (Fsp3) is 0.792. The SMILES string of the molecule is COC(=O)[C@H]1CN(C(=O)OC(C)(C)C)C[C@@H]1C=O.COC(=O)[C@H]1CN(C(=O)OC(C)(C)C)C[C@@H]1CO. The molecule has 0 aromatic heterocycles. The molecule has 2 saturated heterocycles. The molecule has 2 aliphatic rings. The molecule has 0 aliphatic carbocycles. The van der Waals surface area contributed by atoms with Crippen molar-refractivity contribution < 1.29 is 48.0 Å². The van der Waals surface area contributed by atoms with E-state index in [2.05, 4.69) is 9.47 Å². The van der Waals surface area contributed by atoms with Gasteiger partial charge in [-0.2, -0.15) is 0 Å². The van der Waals surface area contributed by atoms with E-state index in [-0.39, 0.29) is 32.2 Å². The lowest BCUT2D eigenvalue weighted by Crippen LogP contribution is -2.36. The number of hydrogen-bond donors (Lipinski definition) is 1. The summed E-state index contributed by atoms with van der Waals surface area (Å²) in [5.74, 6) is -2.76. The lowest BCUT2D eigenvalue weighted by molar-refractivity contribution is -0.147. The van der Waals surface area contributed by atoms with E-state index in [1.165, 1.54) is 24.0 Å². The van der Waals surface area contributed by atoms with E-state index in [9.17, 15) is 29.1 Å². The molecule has 1 N–H and O–H groups in total. The van der Waals surface area contributed by atoms with Crippen molar-refractivity contribution in [3.05, 3.63) is 0 Å². The minimum Gasteiger partial charge on any atom is -0.469 e. The van der Waals surface area contributed by atoms with Gasteiger partial charge in [-0.25, -0.2) is 9.59 Å². The number of rotatable bonds is 4. The molecule has 0 radical (unpaired) electrons. The van der Waals surface area contributed by atoms with Crippen LogP contribution in [0.25, 0.3) is 0 Å². The van der Waals surface area contributed by atoms with Crippen molar-refractivity contribution in [3.63, 3.8) is 0 Å². The summed E-state index contributed by atoms with van der Waals surface area (Å²) < 4.78 is 19.7. The van der Waals surface area contributed by atoms with Gasteiger partial charge in [0.15, 0.2) is 0 Å². The summed E-state index contributed by atoms with van der Waals surface area (Å²) in [5, 5.41) is 9.23. The molecular weight excluding hydrogens is 476 g/mol. The van der Waals surface area contributed by atoms with Gasteiger partial charge < -0.3 is 38.6 Å². The van der Waals surface area contributed by atoms with Crippen LogP contribution in [0, 0.1) is 23.7 Å². The van der Waals surface area contributed by atoms with E-state index in [0.29, 0.717) is 12.8 Å². The fourth-order valence-electron chi connectivity index (χ4n) is 3.79. The number of nitrogens with zero attached hydrogens (tertiary/aromatic N) is 2. The highest BCUT2D eigenvalue weighted by Gasteiger charge is 2.42. The largest absolute Gasteiger partial charge is 0.469 e. The number of amides is 2. The molecule has 0 aromatic carbocycles.